The molecule has 0 aliphatic rings. The second-order valence-electron chi connectivity index (χ2n) is 1.70. The minimum Gasteiger partial charge on any atom is -0.497 e. The number of hydrogen-bond donors (Lipinski definition) is 0. The fourth-order valence-electron chi connectivity index (χ4n) is 0.495. The first-order valence-electron chi connectivity index (χ1n) is 3.21. The number of alkyl halides is 1. The van der Waals surface area contributed by atoms with Crippen LogP contribution >= 0.6 is 11.6 Å². The molecule has 4 heteroatoms. The lowest BCUT2D eigenvalue weighted by Crippen LogP contribution is -2.01. The maximum Gasteiger partial charge on any atom is 0.333 e. The van der Waals surface area contributed by atoms with Gasteiger partial charge in [-0.2, -0.15) is 0 Å². The molecule has 0 fully saturated rings. The Balaban J connectivity index is 3.99. The van der Waals surface area contributed by atoms with Crippen molar-refractivity contribution in [3.05, 3.63) is 11.8 Å². The smallest absolute Gasteiger partial charge is 0.333 e. The molecule has 0 aromatic rings. The topological polar surface area (TPSA) is 35.5 Å². The Bertz CT molecular complexity index is 154. The molecule has 3 nitrogen and oxygen atoms in total. The first-order valence-corrected chi connectivity index (χ1v) is 3.75. The van der Waals surface area contributed by atoms with Crippen LogP contribution in [0.3, 0.4) is 0 Å². The Kier molecular flexibility index (Phi) is 5.65. The van der Waals surface area contributed by atoms with Gasteiger partial charge in [0.05, 0.1) is 25.7 Å². The summed E-state index contributed by atoms with van der Waals surface area (Å²) >= 11 is 5.45. The standard InChI is InChI=1S/C7H11ClO3/c1-3-11-6(5-8)4-7(9)10-2/h4H,3,5H2,1-2H3/b6-4+. The third-order valence-electron chi connectivity index (χ3n) is 0.941. The molecule has 0 aliphatic heterocycles. The highest BCUT2D eigenvalue weighted by molar-refractivity contribution is 6.19. The minimum atomic E-state index is -0.450. The number of esters is 1. The summed E-state index contributed by atoms with van der Waals surface area (Å²) in [6, 6.07) is 0. The number of halogens is 1. The Morgan fingerprint density at radius 1 is 1.64 bits per heavy atom. The SMILES string of the molecule is CCO/C(=C/C(=O)OC)CCl. The molecule has 0 spiro atoms. The zero-order valence-electron chi connectivity index (χ0n) is 6.59. The molecule has 0 atom stereocenters. The summed E-state index contributed by atoms with van der Waals surface area (Å²) in [4.78, 5) is 10.6. The third kappa shape index (κ3) is 4.67. The molecule has 0 saturated heterocycles. The Morgan fingerprint density at radius 3 is 2.64 bits per heavy atom. The van der Waals surface area contributed by atoms with Gasteiger partial charge in [0, 0.05) is 0 Å². The first-order chi connectivity index (χ1) is 5.24. The van der Waals surface area contributed by atoms with Crippen molar-refractivity contribution < 1.29 is 14.3 Å². The molecule has 0 aromatic carbocycles. The maximum atomic E-state index is 10.6. The molecule has 11 heavy (non-hydrogen) atoms. The van der Waals surface area contributed by atoms with Gasteiger partial charge < -0.3 is 9.47 Å². The average Bonchev–Trinajstić information content (AvgIpc) is 2.03. The molecule has 0 aromatic heterocycles. The highest BCUT2D eigenvalue weighted by Crippen LogP contribution is 2.00. The Hall–Kier alpha value is -0.700. The quantitative estimate of drug-likeness (QED) is 0.282. The van der Waals surface area contributed by atoms with Gasteiger partial charge in [0.1, 0.15) is 5.76 Å². The van der Waals surface area contributed by atoms with Crippen molar-refractivity contribution in [2.24, 2.45) is 0 Å². The van der Waals surface area contributed by atoms with Gasteiger partial charge in [-0.15, -0.1) is 11.6 Å². The lowest BCUT2D eigenvalue weighted by Gasteiger charge is -2.02. The zero-order valence-corrected chi connectivity index (χ0v) is 7.35. The van der Waals surface area contributed by atoms with Crippen LogP contribution in [0.4, 0.5) is 0 Å². The number of carbonyl (C=O) groups is 1. The lowest BCUT2D eigenvalue weighted by atomic mass is 10.5. The van der Waals surface area contributed by atoms with E-state index >= 15 is 0 Å². The van der Waals surface area contributed by atoms with Gasteiger partial charge in [0.2, 0.25) is 0 Å². The normalized spacial score (nSPS) is 11.0. The molecule has 0 heterocycles. The molecule has 0 amide bonds. The van der Waals surface area contributed by atoms with Gasteiger partial charge in [-0.05, 0) is 6.92 Å². The van der Waals surface area contributed by atoms with Crippen molar-refractivity contribution in [2.45, 2.75) is 6.92 Å². The van der Waals surface area contributed by atoms with E-state index in [1.807, 2.05) is 6.92 Å². The van der Waals surface area contributed by atoms with E-state index in [0.29, 0.717) is 12.4 Å². The lowest BCUT2D eigenvalue weighted by molar-refractivity contribution is -0.135. The van der Waals surface area contributed by atoms with Crippen LogP contribution in [0.5, 0.6) is 0 Å². The van der Waals surface area contributed by atoms with E-state index in [2.05, 4.69) is 4.74 Å². The molecule has 0 N–H and O–H groups in total. The highest BCUT2D eigenvalue weighted by Gasteiger charge is 1.99. The maximum absolute atomic E-state index is 10.6. The predicted octanol–water partition coefficient (Wildman–Crippen LogP) is 1.32. The van der Waals surface area contributed by atoms with Gasteiger partial charge in [-0.1, -0.05) is 0 Å². The monoisotopic (exact) mass is 178 g/mol. The number of hydrogen-bond acceptors (Lipinski definition) is 3. The van der Waals surface area contributed by atoms with Crippen LogP contribution in [0.2, 0.25) is 0 Å². The number of carbonyl (C=O) groups excluding carboxylic acids is 1. The van der Waals surface area contributed by atoms with Crippen LogP contribution in [-0.2, 0) is 14.3 Å². The summed E-state index contributed by atoms with van der Waals surface area (Å²) in [5, 5.41) is 0. The van der Waals surface area contributed by atoms with E-state index in [1.54, 1.807) is 0 Å². The molecule has 0 saturated carbocycles. The van der Waals surface area contributed by atoms with E-state index in [1.165, 1.54) is 13.2 Å². The van der Waals surface area contributed by atoms with Gasteiger partial charge in [0.15, 0.2) is 0 Å². The van der Waals surface area contributed by atoms with Crippen molar-refractivity contribution in [3.63, 3.8) is 0 Å². The fourth-order valence-corrected chi connectivity index (χ4v) is 0.649. The summed E-state index contributed by atoms with van der Waals surface area (Å²) in [6.45, 7) is 2.31. The Morgan fingerprint density at radius 2 is 2.27 bits per heavy atom. The highest BCUT2D eigenvalue weighted by atomic mass is 35.5. The number of ether oxygens (including phenoxy) is 2. The molecule has 0 bridgehead atoms. The van der Waals surface area contributed by atoms with Gasteiger partial charge >= 0.3 is 5.97 Å². The summed E-state index contributed by atoms with van der Waals surface area (Å²) in [5.74, 6) is 0.165. The van der Waals surface area contributed by atoms with Crippen LogP contribution in [0.25, 0.3) is 0 Å². The van der Waals surface area contributed by atoms with Crippen molar-refractivity contribution in [2.75, 3.05) is 19.6 Å². The van der Waals surface area contributed by atoms with Crippen molar-refractivity contribution >= 4 is 17.6 Å². The minimum absolute atomic E-state index is 0.183. The predicted molar refractivity (Wildman–Crippen MR) is 42.4 cm³/mol. The number of methoxy groups -OCH3 is 1. The van der Waals surface area contributed by atoms with Crippen LogP contribution in [0, 0.1) is 0 Å². The van der Waals surface area contributed by atoms with E-state index in [9.17, 15) is 4.79 Å². The third-order valence-corrected chi connectivity index (χ3v) is 1.20. The molecule has 0 unspecified atom stereocenters. The van der Waals surface area contributed by atoms with Crippen molar-refractivity contribution in [3.8, 4) is 0 Å². The molecule has 0 aliphatic carbocycles. The molecule has 0 radical (unpaired) electrons. The zero-order chi connectivity index (χ0) is 8.69. The number of rotatable bonds is 4. The molecular formula is C7H11ClO3. The van der Waals surface area contributed by atoms with Gasteiger partial charge in [-0.25, -0.2) is 4.79 Å². The molecule has 64 valence electrons. The van der Waals surface area contributed by atoms with E-state index in [0.717, 1.165) is 0 Å². The molecular weight excluding hydrogens is 168 g/mol. The van der Waals surface area contributed by atoms with Crippen LogP contribution in [0.1, 0.15) is 6.92 Å². The second-order valence-corrected chi connectivity index (χ2v) is 1.97. The van der Waals surface area contributed by atoms with E-state index in [-0.39, 0.29) is 5.88 Å². The average molecular weight is 179 g/mol. The fraction of sp³-hybridized carbons (Fsp3) is 0.571. The van der Waals surface area contributed by atoms with Crippen LogP contribution < -0.4 is 0 Å². The van der Waals surface area contributed by atoms with E-state index < -0.39 is 5.97 Å². The number of allylic oxidation sites excluding steroid dienone is 1. The van der Waals surface area contributed by atoms with Gasteiger partial charge in [-0.3, -0.25) is 0 Å². The van der Waals surface area contributed by atoms with E-state index in [4.69, 9.17) is 16.3 Å². The summed E-state index contributed by atoms with van der Waals surface area (Å²) in [6.07, 6.45) is 1.23. The molecule has 0 rings (SSSR count). The second kappa shape index (κ2) is 6.04. The van der Waals surface area contributed by atoms with Crippen molar-refractivity contribution in [1.29, 1.82) is 0 Å². The van der Waals surface area contributed by atoms with Gasteiger partial charge in [0.25, 0.3) is 0 Å². The summed E-state index contributed by atoms with van der Waals surface area (Å²) in [5.41, 5.74) is 0. The van der Waals surface area contributed by atoms with Crippen molar-refractivity contribution in [1.82, 2.24) is 0 Å². The Labute approximate surface area is 70.9 Å². The van der Waals surface area contributed by atoms with Crippen LogP contribution in [-0.4, -0.2) is 25.6 Å². The first kappa shape index (κ1) is 10.3. The van der Waals surface area contributed by atoms with Crippen LogP contribution in [0.15, 0.2) is 11.8 Å². The summed E-state index contributed by atoms with van der Waals surface area (Å²) < 4.78 is 9.37. The largest absolute Gasteiger partial charge is 0.497 e. The summed E-state index contributed by atoms with van der Waals surface area (Å²) in [7, 11) is 1.30.